The predicted molar refractivity (Wildman–Crippen MR) is 158 cm³/mol. The smallest absolute Gasteiger partial charge is 0.257 e. The summed E-state index contributed by atoms with van der Waals surface area (Å²) in [6, 6.07) is 11.6. The molecule has 10 heteroatoms. The van der Waals surface area contributed by atoms with Gasteiger partial charge in [0.05, 0.1) is 37.9 Å². The number of amides is 2. The molecule has 2 aromatic rings. The fourth-order valence-electron chi connectivity index (χ4n) is 4.66. The molecule has 1 aromatic carbocycles. The Morgan fingerprint density at radius 1 is 1.15 bits per heavy atom. The zero-order chi connectivity index (χ0) is 28.8. The summed E-state index contributed by atoms with van der Waals surface area (Å²) in [7, 11) is 0. The molecule has 0 spiro atoms. The third-order valence-corrected chi connectivity index (χ3v) is 6.68. The molecule has 3 N–H and O–H groups in total. The van der Waals surface area contributed by atoms with Gasteiger partial charge < -0.3 is 20.3 Å². The zero-order valence-corrected chi connectivity index (χ0v) is 23.7. The average Bonchev–Trinajstić information content (AvgIpc) is 3.45. The number of nitrogens with one attached hydrogen (secondary N) is 3. The van der Waals surface area contributed by atoms with Crippen molar-refractivity contribution >= 4 is 29.2 Å². The fourth-order valence-corrected chi connectivity index (χ4v) is 4.66. The zero-order valence-electron chi connectivity index (χ0n) is 23.7. The molecular formula is C31H36N7O3+. The van der Waals surface area contributed by atoms with E-state index < -0.39 is 0 Å². The van der Waals surface area contributed by atoms with E-state index in [2.05, 4.69) is 37.4 Å². The van der Waals surface area contributed by atoms with Gasteiger partial charge in [-0.3, -0.25) is 14.5 Å². The van der Waals surface area contributed by atoms with E-state index in [1.165, 1.54) is 0 Å². The second-order valence-electron chi connectivity index (χ2n) is 11.1. The Morgan fingerprint density at radius 3 is 2.73 bits per heavy atom. The number of nitrogens with zero attached hydrogens (tertiary/aromatic N) is 4. The van der Waals surface area contributed by atoms with Gasteiger partial charge in [-0.1, -0.05) is 24.0 Å². The minimum Gasteiger partial charge on any atom is -0.378 e. The summed E-state index contributed by atoms with van der Waals surface area (Å²) < 4.78 is 5.34. The first kappa shape index (κ1) is 28.1. The molecule has 1 unspecified atom stereocenters. The monoisotopic (exact) mass is 554 g/mol. The first-order valence-electron chi connectivity index (χ1n) is 13.8. The number of fused-ring (bicyclic) bond motifs is 1. The molecule has 0 radical (unpaired) electrons. The van der Waals surface area contributed by atoms with Crippen LogP contribution in [0.3, 0.4) is 0 Å². The molecule has 0 aliphatic carbocycles. The van der Waals surface area contributed by atoms with Crippen LogP contribution in [0, 0.1) is 17.3 Å². The number of pyridine rings is 1. The largest absolute Gasteiger partial charge is 0.378 e. The van der Waals surface area contributed by atoms with Crippen LogP contribution < -0.4 is 20.4 Å². The number of aromatic nitrogens is 1. The fraction of sp³-hybridized carbons (Fsp3) is 0.355. The lowest BCUT2D eigenvalue weighted by atomic mass is 9.98. The molecule has 10 nitrogen and oxygen atoms in total. The summed E-state index contributed by atoms with van der Waals surface area (Å²) in [5.41, 5.74) is 3.14. The van der Waals surface area contributed by atoms with Gasteiger partial charge >= 0.3 is 0 Å². The van der Waals surface area contributed by atoms with Crippen LogP contribution in [0.1, 0.15) is 36.7 Å². The number of morpholine rings is 1. The van der Waals surface area contributed by atoms with Gasteiger partial charge in [-0.2, -0.15) is 4.99 Å². The SMILES string of the molecule is CC(C)(C)C#CCNC(=O)Cc1cccc(N2C=C(Nc3ccc(C(=O)N4CCOCC4)cn3)C3=NC=C[NH+]3C2)c1. The van der Waals surface area contributed by atoms with Gasteiger partial charge in [0.25, 0.3) is 11.7 Å². The second kappa shape index (κ2) is 12.4. The topological polar surface area (TPSA) is 104 Å². The predicted octanol–water partition coefficient (Wildman–Crippen LogP) is 1.76. The Balaban J connectivity index is 1.26. The first-order chi connectivity index (χ1) is 19.7. The standard InChI is InChI=1S/C31H35N7O3/c1-31(2,3)10-5-11-32-28(39)19-23-6-4-7-25(18-23)38-21-26(29-33-12-13-37(29)22-38)35-27-9-8-24(20-34-27)30(40)36-14-16-41-17-15-36/h4,6-9,12-13,18,20-21H,11,14-17,19,22H2,1-3H3,(H,32,39)(H,34,35)/p+1. The summed E-state index contributed by atoms with van der Waals surface area (Å²) in [6.45, 7) is 9.40. The number of aliphatic imine (C=N–C) groups is 1. The number of rotatable bonds is 7. The maximum Gasteiger partial charge on any atom is 0.257 e. The van der Waals surface area contributed by atoms with Crippen molar-refractivity contribution < 1.29 is 19.2 Å². The quantitative estimate of drug-likeness (QED) is 0.451. The van der Waals surface area contributed by atoms with E-state index in [-0.39, 0.29) is 23.7 Å². The third-order valence-electron chi connectivity index (χ3n) is 6.68. The van der Waals surface area contributed by atoms with Gasteiger partial charge in [-0.25, -0.2) is 9.88 Å². The van der Waals surface area contributed by atoms with Gasteiger partial charge in [0.15, 0.2) is 6.67 Å². The highest BCUT2D eigenvalue weighted by Crippen LogP contribution is 2.21. The summed E-state index contributed by atoms with van der Waals surface area (Å²) >= 11 is 0. The highest BCUT2D eigenvalue weighted by atomic mass is 16.5. The summed E-state index contributed by atoms with van der Waals surface area (Å²) in [6.07, 6.45) is 7.68. The highest BCUT2D eigenvalue weighted by molar-refractivity contribution is 5.97. The highest BCUT2D eigenvalue weighted by Gasteiger charge is 2.31. The van der Waals surface area contributed by atoms with Crippen molar-refractivity contribution in [2.24, 2.45) is 10.4 Å². The number of anilines is 2. The Labute approximate surface area is 240 Å². The van der Waals surface area contributed by atoms with Crippen molar-refractivity contribution in [3.05, 3.63) is 78.0 Å². The lowest BCUT2D eigenvalue weighted by Crippen LogP contribution is -3.12. The van der Waals surface area contributed by atoms with Gasteiger partial charge in [0.1, 0.15) is 17.7 Å². The lowest BCUT2D eigenvalue weighted by Gasteiger charge is -2.30. The lowest BCUT2D eigenvalue weighted by molar-refractivity contribution is -0.743. The molecular weight excluding hydrogens is 518 g/mol. The summed E-state index contributed by atoms with van der Waals surface area (Å²) in [4.78, 5) is 39.3. The van der Waals surface area contributed by atoms with Crippen molar-refractivity contribution in [3.8, 4) is 11.8 Å². The van der Waals surface area contributed by atoms with Crippen molar-refractivity contribution in [1.82, 2.24) is 15.2 Å². The molecule has 3 aliphatic rings. The Bertz CT molecular complexity index is 1440. The van der Waals surface area contributed by atoms with E-state index in [9.17, 15) is 9.59 Å². The van der Waals surface area contributed by atoms with Crippen LogP contribution in [0.2, 0.25) is 0 Å². The van der Waals surface area contributed by atoms with Gasteiger partial charge in [-0.15, -0.1) is 0 Å². The Kier molecular flexibility index (Phi) is 8.47. The van der Waals surface area contributed by atoms with E-state index >= 15 is 0 Å². The maximum atomic E-state index is 12.8. The number of amidine groups is 1. The average molecular weight is 555 g/mol. The molecule has 212 valence electrons. The number of carbonyl (C=O) groups excluding carboxylic acids is 2. The minimum absolute atomic E-state index is 0.0400. The summed E-state index contributed by atoms with van der Waals surface area (Å²) in [5.74, 6) is 7.52. The van der Waals surface area contributed by atoms with Crippen LogP contribution in [-0.2, 0) is 16.0 Å². The Hall–Kier alpha value is -4.46. The molecule has 1 fully saturated rings. The van der Waals surface area contributed by atoms with Gasteiger partial charge in [0.2, 0.25) is 5.91 Å². The number of ether oxygens (including phenoxy) is 1. The van der Waals surface area contributed by atoms with Gasteiger partial charge in [0, 0.05) is 36.6 Å². The van der Waals surface area contributed by atoms with E-state index in [4.69, 9.17) is 4.74 Å². The van der Waals surface area contributed by atoms with E-state index in [0.717, 1.165) is 27.7 Å². The number of hydrogen-bond acceptors (Lipinski definition) is 7. The number of quaternary nitrogens is 1. The van der Waals surface area contributed by atoms with E-state index in [1.807, 2.05) is 57.4 Å². The van der Waals surface area contributed by atoms with Crippen LogP contribution in [-0.4, -0.2) is 67.1 Å². The van der Waals surface area contributed by atoms with Crippen molar-refractivity contribution in [1.29, 1.82) is 0 Å². The molecule has 1 saturated heterocycles. The number of carbonyl (C=O) groups is 2. The van der Waals surface area contributed by atoms with Crippen LogP contribution in [0.15, 0.2) is 71.9 Å². The Morgan fingerprint density at radius 2 is 1.98 bits per heavy atom. The maximum absolute atomic E-state index is 12.8. The summed E-state index contributed by atoms with van der Waals surface area (Å²) in [5, 5.41) is 6.26. The molecule has 0 saturated carbocycles. The number of hydrogen-bond donors (Lipinski definition) is 3. The third kappa shape index (κ3) is 7.39. The molecule has 1 atom stereocenters. The molecule has 0 bridgehead atoms. The molecule has 2 amide bonds. The van der Waals surface area contributed by atoms with E-state index in [0.29, 0.717) is 50.9 Å². The van der Waals surface area contributed by atoms with Crippen LogP contribution in [0.5, 0.6) is 0 Å². The molecule has 4 heterocycles. The molecule has 41 heavy (non-hydrogen) atoms. The van der Waals surface area contributed by atoms with E-state index in [1.54, 1.807) is 29.4 Å². The van der Waals surface area contributed by atoms with Crippen LogP contribution >= 0.6 is 0 Å². The number of benzene rings is 1. The van der Waals surface area contributed by atoms with Crippen molar-refractivity contribution in [2.75, 3.05) is 49.7 Å². The molecule has 1 aromatic heterocycles. The minimum atomic E-state index is -0.0899. The van der Waals surface area contributed by atoms with Crippen LogP contribution in [0.25, 0.3) is 0 Å². The van der Waals surface area contributed by atoms with Gasteiger partial charge in [-0.05, 0) is 50.6 Å². The van der Waals surface area contributed by atoms with Crippen molar-refractivity contribution in [3.63, 3.8) is 0 Å². The first-order valence-corrected chi connectivity index (χ1v) is 13.8. The van der Waals surface area contributed by atoms with Crippen molar-refractivity contribution in [2.45, 2.75) is 27.2 Å². The second-order valence-corrected chi connectivity index (χ2v) is 11.1. The molecule has 3 aliphatic heterocycles. The van der Waals surface area contributed by atoms with Crippen LogP contribution in [0.4, 0.5) is 11.5 Å². The molecule has 5 rings (SSSR count). The normalized spacial score (nSPS) is 18.1.